The molecule has 0 atom stereocenters. The fraction of sp³-hybridized carbons (Fsp3) is 0.250. The van der Waals surface area contributed by atoms with Gasteiger partial charge in [0.2, 0.25) is 0 Å². The molecule has 3 N–H and O–H groups in total. The molecule has 4 nitrogen and oxygen atoms in total. The Labute approximate surface area is 77.1 Å². The van der Waals surface area contributed by atoms with Crippen molar-refractivity contribution >= 4 is 10.1 Å². The van der Waals surface area contributed by atoms with Crippen LogP contribution in [0.4, 0.5) is 0 Å². The molecular weight excluding hydrogens is 190 g/mol. The van der Waals surface area contributed by atoms with E-state index >= 15 is 0 Å². The van der Waals surface area contributed by atoms with Crippen LogP contribution in [-0.4, -0.2) is 13.0 Å². The molecule has 0 aliphatic heterocycles. The summed E-state index contributed by atoms with van der Waals surface area (Å²) in [5.74, 6) is 0. The van der Waals surface area contributed by atoms with E-state index in [4.69, 9.17) is 10.3 Å². The van der Waals surface area contributed by atoms with Gasteiger partial charge in [-0.25, -0.2) is 0 Å². The van der Waals surface area contributed by atoms with E-state index in [2.05, 4.69) is 0 Å². The van der Waals surface area contributed by atoms with E-state index in [0.29, 0.717) is 6.54 Å². The van der Waals surface area contributed by atoms with E-state index in [0.717, 1.165) is 11.1 Å². The number of hydrogen-bond donors (Lipinski definition) is 2. The molecule has 0 radical (unpaired) electrons. The first kappa shape index (κ1) is 10.2. The maximum Gasteiger partial charge on any atom is 0.294 e. The molecule has 0 aliphatic rings. The van der Waals surface area contributed by atoms with Crippen molar-refractivity contribution in [2.24, 2.45) is 5.73 Å². The normalized spacial score (nSPS) is 11.6. The molecule has 0 saturated heterocycles. The van der Waals surface area contributed by atoms with Crippen LogP contribution in [0.25, 0.3) is 0 Å². The highest BCUT2D eigenvalue weighted by Gasteiger charge is 2.09. The van der Waals surface area contributed by atoms with Crippen molar-refractivity contribution in [1.29, 1.82) is 0 Å². The Morgan fingerprint density at radius 2 is 2.08 bits per heavy atom. The quantitative estimate of drug-likeness (QED) is 0.690. The van der Waals surface area contributed by atoms with Crippen molar-refractivity contribution in [2.75, 3.05) is 0 Å². The maximum absolute atomic E-state index is 10.7. The van der Waals surface area contributed by atoms with Crippen molar-refractivity contribution in [2.45, 2.75) is 18.4 Å². The molecule has 13 heavy (non-hydrogen) atoms. The molecule has 1 aromatic rings. The second kappa shape index (κ2) is 3.45. The standard InChI is InChI=1S/C8H11NO3S/c1-6-4-8(13(10,11)12)3-2-7(6)5-9/h2-4H,5,9H2,1H3,(H,10,11,12). The van der Waals surface area contributed by atoms with Crippen molar-refractivity contribution in [3.8, 4) is 0 Å². The molecule has 0 fully saturated rings. The van der Waals surface area contributed by atoms with E-state index in [1.165, 1.54) is 12.1 Å². The number of hydrogen-bond acceptors (Lipinski definition) is 3. The summed E-state index contributed by atoms with van der Waals surface area (Å²) in [6, 6.07) is 4.33. The summed E-state index contributed by atoms with van der Waals surface area (Å²) in [5, 5.41) is 0. The van der Waals surface area contributed by atoms with Gasteiger partial charge in [-0.05, 0) is 30.2 Å². The van der Waals surface area contributed by atoms with E-state index in [-0.39, 0.29) is 4.90 Å². The second-order valence-corrected chi connectivity index (χ2v) is 4.19. The Bertz CT molecular complexity index is 411. The summed E-state index contributed by atoms with van der Waals surface area (Å²) in [6.45, 7) is 2.11. The summed E-state index contributed by atoms with van der Waals surface area (Å²) in [4.78, 5) is -0.0952. The first-order chi connectivity index (χ1) is 5.95. The Morgan fingerprint density at radius 1 is 1.46 bits per heavy atom. The number of aryl methyl sites for hydroxylation is 1. The van der Waals surface area contributed by atoms with Crippen LogP contribution in [0.2, 0.25) is 0 Å². The molecule has 0 aliphatic carbocycles. The van der Waals surface area contributed by atoms with Gasteiger partial charge in [-0.3, -0.25) is 4.55 Å². The van der Waals surface area contributed by atoms with E-state index in [9.17, 15) is 8.42 Å². The minimum atomic E-state index is -4.09. The van der Waals surface area contributed by atoms with Crippen LogP contribution < -0.4 is 5.73 Å². The van der Waals surface area contributed by atoms with Gasteiger partial charge < -0.3 is 5.73 Å². The molecular formula is C8H11NO3S. The number of rotatable bonds is 2. The van der Waals surface area contributed by atoms with Crippen LogP contribution in [0, 0.1) is 6.92 Å². The first-order valence-electron chi connectivity index (χ1n) is 3.72. The summed E-state index contributed by atoms with van der Waals surface area (Å²) in [7, 11) is -4.09. The van der Waals surface area contributed by atoms with Gasteiger partial charge in [-0.15, -0.1) is 0 Å². The largest absolute Gasteiger partial charge is 0.326 e. The highest BCUT2D eigenvalue weighted by molar-refractivity contribution is 7.85. The minimum absolute atomic E-state index is 0.0952. The molecule has 0 unspecified atom stereocenters. The van der Waals surface area contributed by atoms with Crippen molar-refractivity contribution in [3.05, 3.63) is 29.3 Å². The average Bonchev–Trinajstić information content (AvgIpc) is 2.02. The lowest BCUT2D eigenvalue weighted by Crippen LogP contribution is -2.02. The zero-order valence-electron chi connectivity index (χ0n) is 7.19. The number of nitrogens with two attached hydrogens (primary N) is 1. The monoisotopic (exact) mass is 201 g/mol. The third-order valence-corrected chi connectivity index (χ3v) is 2.68. The summed E-state index contributed by atoms with van der Waals surface area (Å²) in [6.07, 6.45) is 0. The average molecular weight is 201 g/mol. The molecule has 72 valence electrons. The predicted molar refractivity (Wildman–Crippen MR) is 48.9 cm³/mol. The van der Waals surface area contributed by atoms with Crippen LogP contribution in [0.15, 0.2) is 23.1 Å². The van der Waals surface area contributed by atoms with Gasteiger partial charge in [0.25, 0.3) is 10.1 Å². The Balaban J connectivity index is 3.26. The van der Waals surface area contributed by atoms with Gasteiger partial charge in [0, 0.05) is 6.54 Å². The zero-order valence-corrected chi connectivity index (χ0v) is 8.00. The third kappa shape index (κ3) is 2.27. The van der Waals surface area contributed by atoms with Crippen LogP contribution in [-0.2, 0) is 16.7 Å². The number of benzene rings is 1. The van der Waals surface area contributed by atoms with E-state index in [1.54, 1.807) is 13.0 Å². The van der Waals surface area contributed by atoms with Gasteiger partial charge >= 0.3 is 0 Å². The summed E-state index contributed by atoms with van der Waals surface area (Å²) in [5.41, 5.74) is 7.03. The molecule has 0 saturated carbocycles. The second-order valence-electron chi connectivity index (χ2n) is 2.77. The highest BCUT2D eigenvalue weighted by atomic mass is 32.2. The SMILES string of the molecule is Cc1cc(S(=O)(=O)O)ccc1CN. The predicted octanol–water partition coefficient (Wildman–Crippen LogP) is 0.700. The fourth-order valence-electron chi connectivity index (χ4n) is 1.06. The third-order valence-electron chi connectivity index (χ3n) is 1.83. The van der Waals surface area contributed by atoms with Gasteiger partial charge in [0.15, 0.2) is 0 Å². The molecule has 0 bridgehead atoms. The molecule has 5 heteroatoms. The van der Waals surface area contributed by atoms with Gasteiger partial charge in [-0.1, -0.05) is 6.07 Å². The molecule has 0 spiro atoms. The Hall–Kier alpha value is -0.910. The minimum Gasteiger partial charge on any atom is -0.326 e. The van der Waals surface area contributed by atoms with E-state index in [1.807, 2.05) is 0 Å². The van der Waals surface area contributed by atoms with Gasteiger partial charge in [0.05, 0.1) is 4.90 Å². The zero-order chi connectivity index (χ0) is 10.1. The molecule has 1 aromatic carbocycles. The Morgan fingerprint density at radius 3 is 2.46 bits per heavy atom. The van der Waals surface area contributed by atoms with Crippen molar-refractivity contribution in [3.63, 3.8) is 0 Å². The molecule has 0 amide bonds. The summed E-state index contributed by atoms with van der Waals surface area (Å²) >= 11 is 0. The molecule has 0 aromatic heterocycles. The van der Waals surface area contributed by atoms with Gasteiger partial charge in [-0.2, -0.15) is 8.42 Å². The van der Waals surface area contributed by atoms with Crippen LogP contribution in [0.3, 0.4) is 0 Å². The lowest BCUT2D eigenvalue weighted by atomic mass is 10.1. The summed E-state index contributed by atoms with van der Waals surface area (Å²) < 4.78 is 30.1. The maximum atomic E-state index is 10.7. The smallest absolute Gasteiger partial charge is 0.294 e. The molecule has 1 rings (SSSR count). The van der Waals surface area contributed by atoms with E-state index < -0.39 is 10.1 Å². The lowest BCUT2D eigenvalue weighted by Gasteiger charge is -2.03. The van der Waals surface area contributed by atoms with Crippen molar-refractivity contribution < 1.29 is 13.0 Å². The lowest BCUT2D eigenvalue weighted by molar-refractivity contribution is 0.483. The fourth-order valence-corrected chi connectivity index (χ4v) is 1.62. The highest BCUT2D eigenvalue weighted by Crippen LogP contribution is 2.14. The van der Waals surface area contributed by atoms with Gasteiger partial charge in [0.1, 0.15) is 0 Å². The van der Waals surface area contributed by atoms with Crippen LogP contribution in [0.1, 0.15) is 11.1 Å². The van der Waals surface area contributed by atoms with Crippen LogP contribution in [0.5, 0.6) is 0 Å². The molecule has 0 heterocycles. The Kier molecular flexibility index (Phi) is 2.70. The first-order valence-corrected chi connectivity index (χ1v) is 5.16. The topological polar surface area (TPSA) is 80.4 Å². The van der Waals surface area contributed by atoms with Crippen molar-refractivity contribution in [1.82, 2.24) is 0 Å². The van der Waals surface area contributed by atoms with Crippen LogP contribution >= 0.6 is 0 Å².